The zero-order chi connectivity index (χ0) is 28.9. The number of aromatic nitrogens is 4. The molecule has 0 aliphatic carbocycles. The molecule has 0 aliphatic rings. The molecule has 0 spiro atoms. The Labute approximate surface area is 289 Å². The molecule has 42 heavy (non-hydrogen) atoms. The molecule has 2 heterocycles. The molecule has 0 radical (unpaired) electrons. The number of H-pyrrole nitrogens is 1. The third kappa shape index (κ3) is 7.10. The van der Waals surface area contributed by atoms with Crippen LogP contribution in [-0.2, 0) is 12.8 Å². The molecule has 5 aromatic rings. The number of rotatable bonds is 10. The van der Waals surface area contributed by atoms with Crippen LogP contribution in [0.1, 0.15) is 57.7 Å². The van der Waals surface area contributed by atoms with Gasteiger partial charge in [-0.1, -0.05) is 74.0 Å². The Bertz CT molecular complexity index is 1760. The number of benzene rings is 3. The molecular weight excluding hydrogens is 555 g/mol. The van der Waals surface area contributed by atoms with Gasteiger partial charge in [-0.3, -0.25) is 18.9 Å². The molecule has 0 bridgehead atoms. The number of nitrogens with one attached hydrogen (secondary N) is 1. The number of hydrogen-bond donors (Lipinski definition) is 1. The average Bonchev–Trinajstić information content (AvgIpc) is 3.42. The zero-order valence-corrected chi connectivity index (χ0v) is 27.9. The normalized spacial score (nSPS) is 11.6. The van der Waals surface area contributed by atoms with E-state index in [1.54, 1.807) is 4.57 Å². The maximum absolute atomic E-state index is 13.9. The fourth-order valence-electron chi connectivity index (χ4n) is 4.93. The minimum Gasteiger partial charge on any atom is -1.00 e. The number of aryl methyl sites for hydroxylation is 2. The van der Waals surface area contributed by atoms with Crippen molar-refractivity contribution in [3.8, 4) is 34.0 Å². The summed E-state index contributed by atoms with van der Waals surface area (Å²) >= 11 is 0. The van der Waals surface area contributed by atoms with E-state index in [0.29, 0.717) is 23.6 Å². The summed E-state index contributed by atoms with van der Waals surface area (Å²) in [6.45, 7) is 8.09. The molecule has 1 N–H and O–H groups in total. The smallest absolute Gasteiger partial charge is 1.00 e. The van der Waals surface area contributed by atoms with Crippen LogP contribution >= 0.6 is 0 Å². The minimum absolute atomic E-state index is 0. The van der Waals surface area contributed by atoms with E-state index in [-0.39, 0.29) is 64.5 Å². The van der Waals surface area contributed by atoms with Crippen molar-refractivity contribution in [2.24, 2.45) is 0 Å². The number of nitrogens with zero attached hydrogens (tertiary/aromatic N) is 3. The van der Waals surface area contributed by atoms with E-state index in [9.17, 15) is 9.59 Å². The topological polar surface area (TPSA) is 103 Å². The Morgan fingerprint density at radius 2 is 1.67 bits per heavy atom. The minimum atomic E-state index is -0.597. The molecule has 212 valence electrons. The van der Waals surface area contributed by atoms with Gasteiger partial charge in [0.1, 0.15) is 11.6 Å². The van der Waals surface area contributed by atoms with E-state index in [0.717, 1.165) is 58.6 Å². The van der Waals surface area contributed by atoms with Crippen LogP contribution in [0.25, 0.3) is 28.2 Å². The quantitative estimate of drug-likeness (QED) is 0.250. The molecule has 8 nitrogen and oxygen atoms in total. The van der Waals surface area contributed by atoms with Gasteiger partial charge in [-0.15, -0.1) is 0 Å². The molecule has 0 saturated heterocycles. The molecular formula is C33H35KN4O4. The van der Waals surface area contributed by atoms with E-state index in [1.165, 1.54) is 0 Å². The summed E-state index contributed by atoms with van der Waals surface area (Å²) in [5.74, 6) is 1.22. The Kier molecular flexibility index (Phi) is 10.9. The second-order valence-corrected chi connectivity index (χ2v) is 10.2. The van der Waals surface area contributed by atoms with Crippen LogP contribution in [0.4, 0.5) is 0 Å². The predicted molar refractivity (Wildman–Crippen MR) is 161 cm³/mol. The molecule has 3 aromatic carbocycles. The van der Waals surface area contributed by atoms with Crippen LogP contribution in [0.3, 0.4) is 0 Å². The van der Waals surface area contributed by atoms with Crippen molar-refractivity contribution < 1.29 is 62.1 Å². The molecule has 1 unspecified atom stereocenters. The average molecular weight is 591 g/mol. The van der Waals surface area contributed by atoms with Crippen LogP contribution in [0.5, 0.6) is 5.75 Å². The summed E-state index contributed by atoms with van der Waals surface area (Å²) in [5, 5.41) is 3.85. The van der Waals surface area contributed by atoms with Gasteiger partial charge >= 0.3 is 57.1 Å². The van der Waals surface area contributed by atoms with E-state index in [1.807, 2.05) is 86.6 Å². The van der Waals surface area contributed by atoms with Crippen LogP contribution in [0, 0.1) is 6.92 Å². The van der Waals surface area contributed by atoms with Gasteiger partial charge in [-0.05, 0) is 67.6 Å². The maximum Gasteiger partial charge on any atom is 1.00 e. The molecule has 5 rings (SSSR count). The molecule has 2 aromatic heterocycles. The summed E-state index contributed by atoms with van der Waals surface area (Å²) in [6, 6.07) is 23.4. The van der Waals surface area contributed by atoms with Crippen LogP contribution in [0.15, 0.2) is 86.9 Å². The van der Waals surface area contributed by atoms with Crippen molar-refractivity contribution >= 4 is 0 Å². The molecule has 0 fully saturated rings. The standard InChI is InChI=1S/C33H34N4O4.K.H/c1-5-9-30-29(32(38)37(22(4)34-30)25-16-18-26(19-17-25)40-21(3)6-2)20-23-12-14-24(15-13-23)27-10-7-8-11-28(27)31-35-33(39)41-36-31;;/h7-8,10-19,21H,5-6,9,20H2,1-4H3,(H,35,36,39);;/q;+1;-1. The summed E-state index contributed by atoms with van der Waals surface area (Å²) in [4.78, 5) is 32.9. The molecule has 0 saturated carbocycles. The first kappa shape index (κ1) is 31.8. The van der Waals surface area contributed by atoms with Gasteiger partial charge in [0.05, 0.1) is 17.5 Å². The SMILES string of the molecule is CCCc1nc(C)n(-c2ccc(OC(C)CC)cc2)c(=O)c1Cc1ccc(-c2ccccc2-c2noc(=O)[nH]2)cc1.[H-].[K+]. The first-order valence-corrected chi connectivity index (χ1v) is 14.0. The fourth-order valence-corrected chi connectivity index (χ4v) is 4.93. The Balaban J connectivity index is 0.00000253. The first-order valence-electron chi connectivity index (χ1n) is 14.0. The molecule has 0 amide bonds. The second-order valence-electron chi connectivity index (χ2n) is 10.2. The fraction of sp³-hybridized carbons (Fsp3) is 0.273. The van der Waals surface area contributed by atoms with Crippen LogP contribution in [-0.4, -0.2) is 25.8 Å². The van der Waals surface area contributed by atoms with Crippen molar-refractivity contribution in [2.45, 2.75) is 59.5 Å². The second kappa shape index (κ2) is 14.4. The summed E-state index contributed by atoms with van der Waals surface area (Å²) in [7, 11) is 0. The first-order chi connectivity index (χ1) is 19.9. The zero-order valence-electron chi connectivity index (χ0n) is 25.8. The molecule has 9 heteroatoms. The summed E-state index contributed by atoms with van der Waals surface area (Å²) in [6.07, 6.45) is 3.13. The van der Waals surface area contributed by atoms with Crippen molar-refractivity contribution in [3.63, 3.8) is 0 Å². The van der Waals surface area contributed by atoms with Gasteiger partial charge in [0.15, 0.2) is 5.82 Å². The predicted octanol–water partition coefficient (Wildman–Crippen LogP) is 3.39. The van der Waals surface area contributed by atoms with Crippen molar-refractivity contribution in [3.05, 3.63) is 116 Å². The molecule has 0 aliphatic heterocycles. The van der Waals surface area contributed by atoms with Crippen molar-refractivity contribution in [1.82, 2.24) is 19.7 Å². The van der Waals surface area contributed by atoms with E-state index >= 15 is 0 Å². The largest absolute Gasteiger partial charge is 1.00 e. The van der Waals surface area contributed by atoms with Gasteiger partial charge < -0.3 is 6.16 Å². The van der Waals surface area contributed by atoms with Gasteiger partial charge in [-0.25, -0.2) is 9.78 Å². The number of aromatic amines is 1. The third-order valence-electron chi connectivity index (χ3n) is 7.19. The number of ether oxygens (including phenoxy) is 1. The van der Waals surface area contributed by atoms with E-state index in [2.05, 4.69) is 24.0 Å². The Hall–Kier alpha value is -3.08. The van der Waals surface area contributed by atoms with Gasteiger partial charge in [0.25, 0.3) is 5.56 Å². The third-order valence-corrected chi connectivity index (χ3v) is 7.19. The van der Waals surface area contributed by atoms with Crippen molar-refractivity contribution in [2.75, 3.05) is 0 Å². The van der Waals surface area contributed by atoms with Crippen molar-refractivity contribution in [1.29, 1.82) is 0 Å². The van der Waals surface area contributed by atoms with Gasteiger partial charge in [0, 0.05) is 17.5 Å². The van der Waals surface area contributed by atoms with Crippen LogP contribution < -0.4 is 67.4 Å². The van der Waals surface area contributed by atoms with Gasteiger partial charge in [-0.2, -0.15) is 0 Å². The van der Waals surface area contributed by atoms with E-state index in [4.69, 9.17) is 14.2 Å². The van der Waals surface area contributed by atoms with E-state index < -0.39 is 5.76 Å². The summed E-state index contributed by atoms with van der Waals surface area (Å²) in [5.41, 5.74) is 5.89. The monoisotopic (exact) mass is 590 g/mol. The Morgan fingerprint density at radius 3 is 2.29 bits per heavy atom. The number of hydrogen-bond acceptors (Lipinski definition) is 6. The van der Waals surface area contributed by atoms with Crippen LogP contribution in [0.2, 0.25) is 0 Å². The molecule has 1 atom stereocenters. The maximum atomic E-state index is 13.9. The van der Waals surface area contributed by atoms with Gasteiger partial charge in [0.2, 0.25) is 0 Å². The summed E-state index contributed by atoms with van der Waals surface area (Å²) < 4.78 is 12.3. The Morgan fingerprint density at radius 1 is 0.976 bits per heavy atom.